The molecule has 1 unspecified atom stereocenters. The van der Waals surface area contributed by atoms with Gasteiger partial charge in [-0.2, -0.15) is 0 Å². The van der Waals surface area contributed by atoms with Gasteiger partial charge in [0.1, 0.15) is 12.6 Å². The maximum atomic E-state index is 12.9. The zero-order valence-corrected chi connectivity index (χ0v) is 21.6. The van der Waals surface area contributed by atoms with Gasteiger partial charge in [-0.3, -0.25) is 0 Å². The van der Waals surface area contributed by atoms with Crippen molar-refractivity contribution >= 4 is 12.1 Å². The van der Waals surface area contributed by atoms with Crippen LogP contribution in [0.4, 0.5) is 4.79 Å². The van der Waals surface area contributed by atoms with Crippen LogP contribution in [0.25, 0.3) is 11.1 Å². The number of benzene rings is 3. The first-order valence-corrected chi connectivity index (χ1v) is 13.0. The molecule has 192 valence electrons. The Morgan fingerprint density at radius 3 is 2.22 bits per heavy atom. The highest BCUT2D eigenvalue weighted by molar-refractivity contribution is 5.82. The van der Waals surface area contributed by atoms with E-state index >= 15 is 0 Å². The van der Waals surface area contributed by atoms with Gasteiger partial charge in [0.15, 0.2) is 0 Å². The second kappa shape index (κ2) is 10.8. The summed E-state index contributed by atoms with van der Waals surface area (Å²) < 4.78 is 16.5. The lowest BCUT2D eigenvalue weighted by Gasteiger charge is -2.21. The van der Waals surface area contributed by atoms with E-state index in [-0.39, 0.29) is 12.5 Å². The van der Waals surface area contributed by atoms with Crippen molar-refractivity contribution in [2.24, 2.45) is 0 Å². The molecule has 1 aliphatic heterocycles. The van der Waals surface area contributed by atoms with Gasteiger partial charge in [0.25, 0.3) is 0 Å². The monoisotopic (exact) mass is 499 g/mol. The summed E-state index contributed by atoms with van der Waals surface area (Å²) >= 11 is 0. The van der Waals surface area contributed by atoms with E-state index < -0.39 is 18.1 Å². The first-order valence-electron chi connectivity index (χ1n) is 13.0. The number of fused-ring (bicyclic) bond motifs is 4. The van der Waals surface area contributed by atoms with Crippen molar-refractivity contribution < 1.29 is 23.8 Å². The molecule has 0 bridgehead atoms. The topological polar surface area (TPSA) is 73.9 Å². The van der Waals surface area contributed by atoms with Gasteiger partial charge in [-0.25, -0.2) is 9.59 Å². The van der Waals surface area contributed by atoms with Crippen LogP contribution < -0.4 is 5.32 Å². The summed E-state index contributed by atoms with van der Waals surface area (Å²) in [4.78, 5) is 25.7. The predicted molar refractivity (Wildman–Crippen MR) is 141 cm³/mol. The standard InChI is InChI=1S/C31H33NO5/c1-4-19-14-20(21(5-2)27-17-36-16-26(19)27)15-29(30(33)35-3)32-31(34)37-18-28-24-12-8-6-10-22(24)23-11-7-9-13-25(23)28/h6-14,28-29H,4-5,15-18H2,1-3H3,(H,32,34). The van der Waals surface area contributed by atoms with Gasteiger partial charge >= 0.3 is 12.1 Å². The van der Waals surface area contributed by atoms with Gasteiger partial charge < -0.3 is 19.5 Å². The molecule has 5 rings (SSSR count). The molecule has 0 spiro atoms. The highest BCUT2D eigenvalue weighted by Crippen LogP contribution is 2.44. The Morgan fingerprint density at radius 2 is 1.59 bits per heavy atom. The fourth-order valence-electron chi connectivity index (χ4n) is 5.84. The highest BCUT2D eigenvalue weighted by atomic mass is 16.6. The van der Waals surface area contributed by atoms with Gasteiger partial charge in [-0.15, -0.1) is 0 Å². The number of methoxy groups -OCH3 is 1. The molecule has 0 radical (unpaired) electrons. The van der Waals surface area contributed by atoms with E-state index in [4.69, 9.17) is 14.2 Å². The number of carbonyl (C=O) groups is 2. The van der Waals surface area contributed by atoms with Gasteiger partial charge in [0.2, 0.25) is 0 Å². The third kappa shape index (κ3) is 4.74. The number of ether oxygens (including phenoxy) is 3. The lowest BCUT2D eigenvalue weighted by Crippen LogP contribution is -2.43. The Kier molecular flexibility index (Phi) is 7.28. The fraction of sp³-hybridized carbons (Fsp3) is 0.355. The van der Waals surface area contributed by atoms with Crippen LogP contribution in [-0.4, -0.2) is 31.8 Å². The molecule has 2 aliphatic rings. The van der Waals surface area contributed by atoms with E-state index in [0.717, 1.165) is 29.5 Å². The summed E-state index contributed by atoms with van der Waals surface area (Å²) in [6, 6.07) is 17.7. The number of esters is 1. The second-order valence-electron chi connectivity index (χ2n) is 9.58. The molecular weight excluding hydrogens is 466 g/mol. The van der Waals surface area contributed by atoms with Crippen LogP contribution in [0, 0.1) is 0 Å². The average Bonchev–Trinajstić information content (AvgIpc) is 3.54. The summed E-state index contributed by atoms with van der Waals surface area (Å²) in [5.41, 5.74) is 10.6. The van der Waals surface area contributed by atoms with Crippen LogP contribution in [0.3, 0.4) is 0 Å². The Hall–Kier alpha value is -3.64. The van der Waals surface area contributed by atoms with Crippen LogP contribution in [0.15, 0.2) is 54.6 Å². The summed E-state index contributed by atoms with van der Waals surface area (Å²) in [5.74, 6) is -0.546. The molecule has 37 heavy (non-hydrogen) atoms. The number of amides is 1. The largest absolute Gasteiger partial charge is 0.467 e. The summed E-state index contributed by atoms with van der Waals surface area (Å²) in [7, 11) is 1.34. The summed E-state index contributed by atoms with van der Waals surface area (Å²) in [5, 5.41) is 2.78. The third-order valence-electron chi connectivity index (χ3n) is 7.63. The zero-order chi connectivity index (χ0) is 25.9. The first kappa shape index (κ1) is 25.0. The molecule has 6 nitrogen and oxygen atoms in total. The average molecular weight is 500 g/mol. The highest BCUT2D eigenvalue weighted by Gasteiger charge is 2.31. The Labute approximate surface area is 217 Å². The molecule has 1 amide bonds. The van der Waals surface area contributed by atoms with Crippen molar-refractivity contribution in [2.75, 3.05) is 13.7 Å². The molecule has 1 heterocycles. The summed E-state index contributed by atoms with van der Waals surface area (Å²) in [6.45, 7) is 5.63. The van der Waals surface area contributed by atoms with Gasteiger partial charge in [0, 0.05) is 12.3 Å². The van der Waals surface area contributed by atoms with E-state index in [2.05, 4.69) is 49.5 Å². The van der Waals surface area contributed by atoms with Crippen molar-refractivity contribution in [2.45, 2.75) is 58.3 Å². The van der Waals surface area contributed by atoms with Crippen molar-refractivity contribution in [3.05, 3.63) is 93.5 Å². The van der Waals surface area contributed by atoms with Crippen molar-refractivity contribution in [3.63, 3.8) is 0 Å². The van der Waals surface area contributed by atoms with Crippen LogP contribution in [0.5, 0.6) is 0 Å². The third-order valence-corrected chi connectivity index (χ3v) is 7.63. The lowest BCUT2D eigenvalue weighted by atomic mass is 9.88. The smallest absolute Gasteiger partial charge is 0.407 e. The molecule has 1 atom stereocenters. The second-order valence-corrected chi connectivity index (χ2v) is 9.58. The number of hydrogen-bond donors (Lipinski definition) is 1. The number of aryl methyl sites for hydroxylation is 1. The maximum absolute atomic E-state index is 12.9. The summed E-state index contributed by atoms with van der Waals surface area (Å²) in [6.07, 6.45) is 1.41. The Morgan fingerprint density at radius 1 is 0.946 bits per heavy atom. The van der Waals surface area contributed by atoms with Crippen molar-refractivity contribution in [1.29, 1.82) is 0 Å². The Bertz CT molecular complexity index is 1290. The van der Waals surface area contributed by atoms with Crippen LogP contribution in [0.2, 0.25) is 0 Å². The molecule has 0 saturated heterocycles. The van der Waals surface area contributed by atoms with Crippen molar-refractivity contribution in [3.8, 4) is 11.1 Å². The minimum absolute atomic E-state index is 0.0507. The first-order chi connectivity index (χ1) is 18.0. The van der Waals surface area contributed by atoms with E-state index in [0.29, 0.717) is 19.6 Å². The van der Waals surface area contributed by atoms with E-state index in [1.54, 1.807) is 0 Å². The zero-order valence-electron chi connectivity index (χ0n) is 21.6. The predicted octanol–water partition coefficient (Wildman–Crippen LogP) is 5.46. The van der Waals surface area contributed by atoms with E-state index in [1.807, 2.05) is 24.3 Å². The molecule has 3 aromatic rings. The number of nitrogens with one attached hydrogen (secondary N) is 1. The molecular formula is C31H33NO5. The minimum atomic E-state index is -0.851. The number of hydrogen-bond acceptors (Lipinski definition) is 5. The normalized spacial score (nSPS) is 14.5. The molecule has 6 heteroatoms. The fourth-order valence-corrected chi connectivity index (χ4v) is 5.84. The number of carbonyl (C=O) groups excluding carboxylic acids is 2. The number of rotatable bonds is 8. The molecule has 0 aromatic heterocycles. The molecule has 0 fully saturated rings. The van der Waals surface area contributed by atoms with Gasteiger partial charge in [-0.05, 0) is 62.9 Å². The van der Waals surface area contributed by atoms with Gasteiger partial charge in [0.05, 0.1) is 20.3 Å². The molecule has 0 saturated carbocycles. The molecule has 1 aliphatic carbocycles. The van der Waals surface area contributed by atoms with Crippen LogP contribution in [-0.2, 0) is 51.5 Å². The molecule has 3 aromatic carbocycles. The van der Waals surface area contributed by atoms with Crippen molar-refractivity contribution in [1.82, 2.24) is 5.32 Å². The van der Waals surface area contributed by atoms with E-state index in [9.17, 15) is 9.59 Å². The maximum Gasteiger partial charge on any atom is 0.407 e. The quantitative estimate of drug-likeness (QED) is 0.417. The SMILES string of the molecule is CCc1cc(CC(NC(=O)OCC2c3ccccc3-c3ccccc32)C(=O)OC)c(CC)c2c1COC2. The van der Waals surface area contributed by atoms with Crippen LogP contribution >= 0.6 is 0 Å². The Balaban J connectivity index is 1.33. The van der Waals surface area contributed by atoms with Gasteiger partial charge in [-0.1, -0.05) is 68.4 Å². The lowest BCUT2D eigenvalue weighted by molar-refractivity contribution is -0.143. The molecule has 1 N–H and O–H groups in total. The minimum Gasteiger partial charge on any atom is -0.467 e. The van der Waals surface area contributed by atoms with E-state index in [1.165, 1.54) is 40.5 Å². The number of alkyl carbamates (subject to hydrolysis) is 1. The van der Waals surface area contributed by atoms with Crippen LogP contribution in [0.1, 0.15) is 58.7 Å².